The average molecular weight is 286 g/mol. The molecule has 0 saturated heterocycles. The smallest absolute Gasteiger partial charge is 0.192 e. The lowest BCUT2D eigenvalue weighted by atomic mass is 10.2. The minimum Gasteiger partial charge on any atom is -0.460 e. The third-order valence-electron chi connectivity index (χ3n) is 1.82. The zero-order valence-corrected chi connectivity index (χ0v) is 8.95. The highest BCUT2D eigenvalue weighted by Gasteiger charge is 2.01. The fourth-order valence-electron chi connectivity index (χ4n) is 1.22. The summed E-state index contributed by atoms with van der Waals surface area (Å²) in [5.41, 5.74) is 0.704. The first-order valence-corrected chi connectivity index (χ1v) is 5.41. The maximum atomic E-state index is 11.5. The maximum absolute atomic E-state index is 11.5. The van der Waals surface area contributed by atoms with Gasteiger partial charge >= 0.3 is 0 Å². The molecule has 13 heavy (non-hydrogen) atoms. The van der Waals surface area contributed by atoms with Gasteiger partial charge in [-0.3, -0.25) is 4.79 Å². The molecule has 1 heterocycles. The van der Waals surface area contributed by atoms with Gasteiger partial charge in [0.2, 0.25) is 0 Å². The molecule has 0 saturated carbocycles. The standard InChI is InChI=1S/C10H7IO2/c11-6-7-5-9(12)8-3-1-2-4-10(8)13-7/h1-5H,6H2. The van der Waals surface area contributed by atoms with E-state index in [9.17, 15) is 4.79 Å². The van der Waals surface area contributed by atoms with E-state index in [1.165, 1.54) is 0 Å². The molecule has 66 valence electrons. The molecule has 0 amide bonds. The van der Waals surface area contributed by atoms with Crippen LogP contribution in [0.25, 0.3) is 11.0 Å². The SMILES string of the molecule is O=c1cc(CI)oc2ccccc12. The fraction of sp³-hybridized carbons (Fsp3) is 0.100. The molecule has 0 atom stereocenters. The monoisotopic (exact) mass is 286 g/mol. The fourth-order valence-corrected chi connectivity index (χ4v) is 1.60. The van der Waals surface area contributed by atoms with Crippen molar-refractivity contribution < 1.29 is 4.42 Å². The summed E-state index contributed by atoms with van der Waals surface area (Å²) < 4.78 is 6.20. The van der Waals surface area contributed by atoms with Gasteiger partial charge in [0.15, 0.2) is 5.43 Å². The van der Waals surface area contributed by atoms with Gasteiger partial charge in [0.25, 0.3) is 0 Å². The van der Waals surface area contributed by atoms with Crippen LogP contribution >= 0.6 is 22.6 Å². The molecule has 2 aromatic rings. The summed E-state index contributed by atoms with van der Waals surface area (Å²) in [6.45, 7) is 0. The molecular formula is C10H7IO2. The largest absolute Gasteiger partial charge is 0.460 e. The van der Waals surface area contributed by atoms with Gasteiger partial charge < -0.3 is 4.42 Å². The highest BCUT2D eigenvalue weighted by molar-refractivity contribution is 14.1. The quantitative estimate of drug-likeness (QED) is 0.596. The Labute approximate surface area is 88.7 Å². The first-order valence-electron chi connectivity index (χ1n) is 3.89. The lowest BCUT2D eigenvalue weighted by Crippen LogP contribution is -2.00. The van der Waals surface area contributed by atoms with Crippen LogP contribution in [-0.4, -0.2) is 0 Å². The second-order valence-electron chi connectivity index (χ2n) is 2.71. The van der Waals surface area contributed by atoms with Crippen molar-refractivity contribution in [2.45, 2.75) is 4.43 Å². The average Bonchev–Trinajstić information content (AvgIpc) is 2.18. The molecule has 2 rings (SSSR count). The molecule has 0 aliphatic rings. The van der Waals surface area contributed by atoms with Crippen molar-refractivity contribution >= 4 is 33.6 Å². The van der Waals surface area contributed by atoms with E-state index >= 15 is 0 Å². The zero-order chi connectivity index (χ0) is 9.26. The molecule has 0 aliphatic heterocycles. The van der Waals surface area contributed by atoms with Crippen LogP contribution in [0.5, 0.6) is 0 Å². The summed E-state index contributed by atoms with van der Waals surface area (Å²) in [6, 6.07) is 8.84. The Morgan fingerprint density at radius 1 is 1.31 bits per heavy atom. The van der Waals surface area contributed by atoms with E-state index < -0.39 is 0 Å². The summed E-state index contributed by atoms with van der Waals surface area (Å²) in [6.07, 6.45) is 0. The van der Waals surface area contributed by atoms with Crippen molar-refractivity contribution in [3.05, 3.63) is 46.3 Å². The normalized spacial score (nSPS) is 10.5. The third kappa shape index (κ3) is 1.60. The number of alkyl halides is 1. The van der Waals surface area contributed by atoms with Crippen molar-refractivity contribution in [3.63, 3.8) is 0 Å². The van der Waals surface area contributed by atoms with Gasteiger partial charge in [0.05, 0.1) is 9.81 Å². The molecule has 3 heteroatoms. The van der Waals surface area contributed by atoms with Gasteiger partial charge in [-0.05, 0) is 12.1 Å². The van der Waals surface area contributed by atoms with Crippen molar-refractivity contribution in [1.29, 1.82) is 0 Å². The van der Waals surface area contributed by atoms with E-state index in [-0.39, 0.29) is 5.43 Å². The molecule has 0 aliphatic carbocycles. The molecular weight excluding hydrogens is 279 g/mol. The van der Waals surface area contributed by atoms with Crippen molar-refractivity contribution in [1.82, 2.24) is 0 Å². The summed E-state index contributed by atoms with van der Waals surface area (Å²) in [4.78, 5) is 11.5. The summed E-state index contributed by atoms with van der Waals surface area (Å²) >= 11 is 2.17. The van der Waals surface area contributed by atoms with E-state index in [2.05, 4.69) is 22.6 Å². The molecule has 0 unspecified atom stereocenters. The summed E-state index contributed by atoms with van der Waals surface area (Å²) in [5, 5.41) is 0.649. The predicted octanol–water partition coefficient (Wildman–Crippen LogP) is 2.73. The molecule has 0 bridgehead atoms. The molecule has 0 radical (unpaired) electrons. The number of hydrogen-bond acceptors (Lipinski definition) is 2. The molecule has 0 N–H and O–H groups in total. The molecule has 1 aromatic heterocycles. The van der Waals surface area contributed by atoms with Crippen molar-refractivity contribution in [2.75, 3.05) is 0 Å². The van der Waals surface area contributed by atoms with Gasteiger partial charge in [-0.2, -0.15) is 0 Å². The molecule has 1 aromatic carbocycles. The molecule has 0 fully saturated rings. The number of fused-ring (bicyclic) bond motifs is 1. The summed E-state index contributed by atoms with van der Waals surface area (Å²) in [7, 11) is 0. The molecule has 2 nitrogen and oxygen atoms in total. The first kappa shape index (κ1) is 8.74. The number of rotatable bonds is 1. The minimum absolute atomic E-state index is 0.0357. The van der Waals surface area contributed by atoms with Gasteiger partial charge in [-0.1, -0.05) is 34.7 Å². The number of para-hydroxylation sites is 1. The van der Waals surface area contributed by atoms with Crippen LogP contribution in [0.1, 0.15) is 5.76 Å². The van der Waals surface area contributed by atoms with Crippen LogP contribution in [-0.2, 0) is 4.43 Å². The Balaban J connectivity index is 2.85. The van der Waals surface area contributed by atoms with E-state index in [0.29, 0.717) is 11.0 Å². The lowest BCUT2D eigenvalue weighted by molar-refractivity contribution is 0.563. The molecule has 0 spiro atoms. The topological polar surface area (TPSA) is 30.2 Å². The van der Waals surface area contributed by atoms with Crippen LogP contribution in [0.2, 0.25) is 0 Å². The van der Waals surface area contributed by atoms with Gasteiger partial charge in [0.1, 0.15) is 11.3 Å². The number of halogens is 1. The Morgan fingerprint density at radius 2 is 2.08 bits per heavy atom. The Morgan fingerprint density at radius 3 is 2.85 bits per heavy atom. The highest BCUT2D eigenvalue weighted by atomic mass is 127. The van der Waals surface area contributed by atoms with Crippen molar-refractivity contribution in [3.8, 4) is 0 Å². The third-order valence-corrected chi connectivity index (χ3v) is 2.57. The number of benzene rings is 1. The minimum atomic E-state index is 0.0357. The van der Waals surface area contributed by atoms with Gasteiger partial charge in [-0.15, -0.1) is 0 Å². The van der Waals surface area contributed by atoms with Crippen LogP contribution in [0, 0.1) is 0 Å². The maximum Gasteiger partial charge on any atom is 0.192 e. The van der Waals surface area contributed by atoms with E-state index in [4.69, 9.17) is 4.42 Å². The highest BCUT2D eigenvalue weighted by Crippen LogP contribution is 2.13. The Kier molecular flexibility index (Phi) is 2.35. The Bertz CT molecular complexity index is 487. The van der Waals surface area contributed by atoms with Gasteiger partial charge in [0, 0.05) is 6.07 Å². The van der Waals surface area contributed by atoms with Crippen molar-refractivity contribution in [2.24, 2.45) is 0 Å². The van der Waals surface area contributed by atoms with Crippen LogP contribution in [0.3, 0.4) is 0 Å². The zero-order valence-electron chi connectivity index (χ0n) is 6.79. The van der Waals surface area contributed by atoms with E-state index in [1.807, 2.05) is 18.2 Å². The van der Waals surface area contributed by atoms with Crippen LogP contribution in [0.15, 0.2) is 39.5 Å². The van der Waals surface area contributed by atoms with E-state index in [0.717, 1.165) is 10.2 Å². The number of hydrogen-bond donors (Lipinski definition) is 0. The first-order chi connectivity index (χ1) is 6.31. The summed E-state index contributed by atoms with van der Waals surface area (Å²) in [5.74, 6) is 0.726. The second-order valence-corrected chi connectivity index (χ2v) is 3.47. The predicted molar refractivity (Wildman–Crippen MR) is 60.2 cm³/mol. The van der Waals surface area contributed by atoms with Crippen LogP contribution < -0.4 is 5.43 Å². The Hall–Kier alpha value is -0.840. The second kappa shape index (κ2) is 3.49. The van der Waals surface area contributed by atoms with E-state index in [1.54, 1.807) is 12.1 Å². The van der Waals surface area contributed by atoms with Gasteiger partial charge in [-0.25, -0.2) is 0 Å². The lowest BCUT2D eigenvalue weighted by Gasteiger charge is -1.98. The van der Waals surface area contributed by atoms with Crippen LogP contribution in [0.4, 0.5) is 0 Å².